The summed E-state index contributed by atoms with van der Waals surface area (Å²) in [5, 5.41) is 2.68. The molecule has 13 heavy (non-hydrogen) atoms. The molecule has 0 saturated carbocycles. The second-order valence-electron chi connectivity index (χ2n) is 2.85. The summed E-state index contributed by atoms with van der Waals surface area (Å²) in [6, 6.07) is 4.17. The second-order valence-corrected chi connectivity index (χ2v) is 5.12. The van der Waals surface area contributed by atoms with Gasteiger partial charge in [0.25, 0.3) is 0 Å². The van der Waals surface area contributed by atoms with Gasteiger partial charge in [0.2, 0.25) is 0 Å². The van der Waals surface area contributed by atoms with Crippen LogP contribution in [0.15, 0.2) is 36.9 Å². The maximum atomic E-state index is 4.13. The molecular weight excluding hydrogens is 227 g/mol. The van der Waals surface area contributed by atoms with E-state index >= 15 is 0 Å². The molecule has 0 amide bonds. The average molecular weight is 233 g/mol. The van der Waals surface area contributed by atoms with Crippen LogP contribution in [0.4, 0.5) is 0 Å². The number of aromatic nitrogens is 2. The van der Waals surface area contributed by atoms with Crippen LogP contribution in [0.3, 0.4) is 0 Å². The molecule has 3 heterocycles. The van der Waals surface area contributed by atoms with Gasteiger partial charge in [0, 0.05) is 0 Å². The first-order valence-corrected chi connectivity index (χ1v) is 5.73. The summed E-state index contributed by atoms with van der Waals surface area (Å²) in [5.41, 5.74) is 0. The van der Waals surface area contributed by atoms with Gasteiger partial charge < -0.3 is 0 Å². The molecule has 3 heteroatoms. The van der Waals surface area contributed by atoms with Gasteiger partial charge in [0.05, 0.1) is 0 Å². The molecule has 0 atom stereocenters. The summed E-state index contributed by atoms with van der Waals surface area (Å²) < 4.78 is 2.75. The zero-order valence-corrected chi connectivity index (χ0v) is 8.48. The van der Waals surface area contributed by atoms with Crippen molar-refractivity contribution in [1.29, 1.82) is 0 Å². The maximum absolute atomic E-state index is 4.13. The number of hydrogen-bond donors (Lipinski definition) is 0. The van der Waals surface area contributed by atoms with Gasteiger partial charge in [-0.3, -0.25) is 0 Å². The van der Waals surface area contributed by atoms with Crippen molar-refractivity contribution in [2.24, 2.45) is 0 Å². The van der Waals surface area contributed by atoms with E-state index in [4.69, 9.17) is 0 Å². The summed E-state index contributed by atoms with van der Waals surface area (Å²) in [7, 11) is 0. The van der Waals surface area contributed by atoms with E-state index in [1.165, 1.54) is 19.3 Å². The van der Waals surface area contributed by atoms with Crippen LogP contribution in [0.2, 0.25) is 0 Å². The molecule has 0 aliphatic rings. The quantitative estimate of drug-likeness (QED) is 0.554. The normalized spacial score (nSPS) is 11.1. The van der Waals surface area contributed by atoms with Crippen molar-refractivity contribution in [2.45, 2.75) is 0 Å². The summed E-state index contributed by atoms with van der Waals surface area (Å²) in [4.78, 5) is 8.27. The molecule has 0 fully saturated rings. The van der Waals surface area contributed by atoms with E-state index in [0.717, 1.165) is 0 Å². The van der Waals surface area contributed by atoms with Crippen LogP contribution < -0.4 is 0 Å². The molecule has 3 aromatic rings. The summed E-state index contributed by atoms with van der Waals surface area (Å²) in [6.07, 6.45) is 7.64. The SMILES string of the molecule is c1cc2c(cn1)[se]c1cnccc12. The molecule has 0 unspecified atom stereocenters. The Balaban J connectivity index is 2.64. The zero-order valence-electron chi connectivity index (χ0n) is 6.77. The van der Waals surface area contributed by atoms with Gasteiger partial charge in [-0.15, -0.1) is 0 Å². The first-order chi connectivity index (χ1) is 6.45. The van der Waals surface area contributed by atoms with E-state index < -0.39 is 0 Å². The van der Waals surface area contributed by atoms with E-state index in [2.05, 4.69) is 22.1 Å². The van der Waals surface area contributed by atoms with Crippen LogP contribution in [0.25, 0.3) is 19.3 Å². The predicted molar refractivity (Wildman–Crippen MR) is 54.0 cm³/mol. The molecule has 62 valence electrons. The molecule has 0 radical (unpaired) electrons. The topological polar surface area (TPSA) is 25.8 Å². The average Bonchev–Trinajstić information content (AvgIpc) is 2.56. The molecule has 3 aromatic heterocycles. The van der Waals surface area contributed by atoms with E-state index in [1.807, 2.05) is 24.8 Å². The van der Waals surface area contributed by atoms with E-state index in [9.17, 15) is 0 Å². The predicted octanol–water partition coefficient (Wildman–Crippen LogP) is 1.84. The Morgan fingerprint density at radius 1 is 0.846 bits per heavy atom. The third kappa shape index (κ3) is 1.01. The van der Waals surface area contributed by atoms with Crippen molar-refractivity contribution in [2.75, 3.05) is 0 Å². The van der Waals surface area contributed by atoms with Gasteiger partial charge in [0.1, 0.15) is 0 Å². The molecule has 0 aliphatic carbocycles. The molecule has 0 N–H and O–H groups in total. The van der Waals surface area contributed by atoms with Crippen molar-refractivity contribution in [3.8, 4) is 0 Å². The van der Waals surface area contributed by atoms with Gasteiger partial charge in [-0.2, -0.15) is 0 Å². The Morgan fingerprint density at radius 3 is 1.92 bits per heavy atom. The summed E-state index contributed by atoms with van der Waals surface area (Å²) in [5.74, 6) is 0. The Bertz CT molecular complexity index is 521. The van der Waals surface area contributed by atoms with E-state index in [1.54, 1.807) is 0 Å². The zero-order chi connectivity index (χ0) is 8.67. The van der Waals surface area contributed by atoms with Crippen LogP contribution in [-0.4, -0.2) is 24.5 Å². The number of fused-ring (bicyclic) bond motifs is 3. The third-order valence-corrected chi connectivity index (χ3v) is 4.37. The molecular formula is C10H6N2Se. The van der Waals surface area contributed by atoms with Gasteiger partial charge in [-0.25, -0.2) is 0 Å². The monoisotopic (exact) mass is 234 g/mol. The third-order valence-electron chi connectivity index (χ3n) is 2.08. The van der Waals surface area contributed by atoms with Gasteiger partial charge in [-0.05, 0) is 0 Å². The number of rotatable bonds is 0. The van der Waals surface area contributed by atoms with Crippen LogP contribution in [0.5, 0.6) is 0 Å². The van der Waals surface area contributed by atoms with Crippen molar-refractivity contribution in [3.05, 3.63) is 36.9 Å². The standard InChI is InChI=1S/C10H6N2Se/c1-3-11-5-9-7(1)8-2-4-12-6-10(8)13-9/h1-6H. The molecule has 0 spiro atoms. The van der Waals surface area contributed by atoms with Crippen LogP contribution in [0.1, 0.15) is 0 Å². The van der Waals surface area contributed by atoms with Crippen LogP contribution >= 0.6 is 0 Å². The minimum atomic E-state index is 0.410. The number of nitrogens with zero attached hydrogens (tertiary/aromatic N) is 2. The Kier molecular flexibility index (Phi) is 1.48. The fourth-order valence-electron chi connectivity index (χ4n) is 1.49. The summed E-state index contributed by atoms with van der Waals surface area (Å²) in [6.45, 7) is 0. The molecule has 2 nitrogen and oxygen atoms in total. The Hall–Kier alpha value is -1.18. The number of hydrogen-bond acceptors (Lipinski definition) is 2. The minimum absolute atomic E-state index is 0.410. The van der Waals surface area contributed by atoms with Crippen molar-refractivity contribution in [1.82, 2.24) is 9.97 Å². The van der Waals surface area contributed by atoms with Gasteiger partial charge >= 0.3 is 80.7 Å². The fourth-order valence-corrected chi connectivity index (χ4v) is 3.67. The van der Waals surface area contributed by atoms with Crippen molar-refractivity contribution < 1.29 is 0 Å². The second kappa shape index (κ2) is 2.66. The number of pyridine rings is 2. The Morgan fingerprint density at radius 2 is 1.38 bits per heavy atom. The fraction of sp³-hybridized carbons (Fsp3) is 0. The van der Waals surface area contributed by atoms with Crippen LogP contribution in [-0.2, 0) is 0 Å². The molecule has 3 rings (SSSR count). The first-order valence-electron chi connectivity index (χ1n) is 4.01. The van der Waals surface area contributed by atoms with Crippen molar-refractivity contribution >= 4 is 33.8 Å². The molecule has 0 aliphatic heterocycles. The van der Waals surface area contributed by atoms with E-state index in [0.29, 0.717) is 14.5 Å². The van der Waals surface area contributed by atoms with E-state index in [-0.39, 0.29) is 0 Å². The summed E-state index contributed by atoms with van der Waals surface area (Å²) >= 11 is 0.410. The van der Waals surface area contributed by atoms with Gasteiger partial charge in [0.15, 0.2) is 0 Å². The molecule has 0 saturated heterocycles. The van der Waals surface area contributed by atoms with Gasteiger partial charge in [-0.1, -0.05) is 0 Å². The first kappa shape index (κ1) is 7.24. The Labute approximate surface area is 81.0 Å². The molecule has 0 bridgehead atoms. The van der Waals surface area contributed by atoms with Crippen molar-refractivity contribution in [3.63, 3.8) is 0 Å². The molecule has 0 aromatic carbocycles. The van der Waals surface area contributed by atoms with Crippen LogP contribution in [0, 0.1) is 0 Å².